The molecule has 0 spiro atoms. The van der Waals surface area contributed by atoms with Gasteiger partial charge in [0.1, 0.15) is 11.4 Å². The molecule has 0 aliphatic carbocycles. The Morgan fingerprint density at radius 1 is 1.35 bits per heavy atom. The van der Waals surface area contributed by atoms with Crippen molar-refractivity contribution in [2.75, 3.05) is 19.7 Å². The van der Waals surface area contributed by atoms with Crippen molar-refractivity contribution in [1.29, 1.82) is 0 Å². The molecule has 1 aliphatic heterocycles. The van der Waals surface area contributed by atoms with Crippen molar-refractivity contribution < 1.29 is 19.0 Å². The lowest BCUT2D eigenvalue weighted by Gasteiger charge is -2.33. The second kappa shape index (κ2) is 7.30. The van der Waals surface area contributed by atoms with Gasteiger partial charge in [-0.2, -0.15) is 0 Å². The van der Waals surface area contributed by atoms with Crippen LogP contribution >= 0.6 is 0 Å². The molecule has 1 heterocycles. The van der Waals surface area contributed by atoms with E-state index in [4.69, 9.17) is 9.84 Å². The molecule has 0 saturated carbocycles. The fourth-order valence-electron chi connectivity index (χ4n) is 2.88. The number of aliphatic hydroxyl groups is 1. The molecule has 0 radical (unpaired) electrons. The quantitative estimate of drug-likeness (QED) is 0.926. The molecule has 23 heavy (non-hydrogen) atoms. The molecule has 1 N–H and O–H groups in total. The van der Waals surface area contributed by atoms with Crippen LogP contribution in [0.5, 0.6) is 0 Å². The van der Waals surface area contributed by atoms with Gasteiger partial charge in [0.15, 0.2) is 0 Å². The normalized spacial score (nSPS) is 16.5. The summed E-state index contributed by atoms with van der Waals surface area (Å²) in [5.74, 6) is 0.0423. The van der Waals surface area contributed by atoms with Gasteiger partial charge in [0.05, 0.1) is 0 Å². The molecular formula is C18H26FNO3. The molecular weight excluding hydrogens is 297 g/mol. The number of halogens is 1. The number of hydrogen-bond donors (Lipinski definition) is 1. The second-order valence-electron chi connectivity index (χ2n) is 7.07. The van der Waals surface area contributed by atoms with Crippen molar-refractivity contribution in [2.45, 2.75) is 51.6 Å². The zero-order valence-electron chi connectivity index (χ0n) is 14.1. The third-order valence-corrected chi connectivity index (χ3v) is 4.07. The number of ether oxygens (including phenoxy) is 1. The van der Waals surface area contributed by atoms with Crippen LogP contribution in [-0.4, -0.2) is 41.4 Å². The number of carbonyl (C=O) groups is 1. The zero-order chi connectivity index (χ0) is 17.0. The summed E-state index contributed by atoms with van der Waals surface area (Å²) in [6.07, 6.45) is 1.74. The van der Waals surface area contributed by atoms with Crippen LogP contribution in [0.2, 0.25) is 0 Å². The molecule has 0 bridgehead atoms. The lowest BCUT2D eigenvalue weighted by Crippen LogP contribution is -2.41. The molecule has 1 aromatic rings. The summed E-state index contributed by atoms with van der Waals surface area (Å²) in [4.78, 5) is 13.8. The van der Waals surface area contributed by atoms with Gasteiger partial charge in [0.25, 0.3) is 0 Å². The highest BCUT2D eigenvalue weighted by atomic mass is 19.1. The summed E-state index contributed by atoms with van der Waals surface area (Å²) >= 11 is 0. The van der Waals surface area contributed by atoms with Gasteiger partial charge in [0, 0.05) is 19.7 Å². The molecule has 1 amide bonds. The van der Waals surface area contributed by atoms with Crippen molar-refractivity contribution >= 4 is 6.09 Å². The van der Waals surface area contributed by atoms with Crippen LogP contribution < -0.4 is 0 Å². The Hall–Kier alpha value is -1.62. The van der Waals surface area contributed by atoms with Crippen LogP contribution in [0.1, 0.15) is 50.7 Å². The maximum atomic E-state index is 13.7. The van der Waals surface area contributed by atoms with E-state index >= 15 is 0 Å². The number of piperidine rings is 1. The van der Waals surface area contributed by atoms with Crippen LogP contribution in [0.3, 0.4) is 0 Å². The Kier molecular flexibility index (Phi) is 5.63. The SMILES string of the molecule is CC(C)(C)OC(=O)N1CCC(c2ccc(F)c(CCO)c2)CC1. The minimum atomic E-state index is -0.482. The van der Waals surface area contributed by atoms with E-state index in [0.717, 1.165) is 18.4 Å². The summed E-state index contributed by atoms with van der Waals surface area (Å²) in [6, 6.07) is 5.13. The average Bonchev–Trinajstić information content (AvgIpc) is 2.48. The Balaban J connectivity index is 1.96. The highest BCUT2D eigenvalue weighted by Gasteiger charge is 2.27. The van der Waals surface area contributed by atoms with E-state index in [0.29, 0.717) is 31.0 Å². The maximum Gasteiger partial charge on any atom is 0.410 e. The standard InChI is InChI=1S/C18H26FNO3/c1-18(2,3)23-17(22)20-9-6-13(7-10-20)14-4-5-16(19)15(12-14)8-11-21/h4-5,12-13,21H,6-11H2,1-3H3. The molecule has 128 valence electrons. The van der Waals surface area contributed by atoms with E-state index in [1.54, 1.807) is 4.90 Å². The van der Waals surface area contributed by atoms with Crippen molar-refractivity contribution in [1.82, 2.24) is 4.90 Å². The first-order valence-corrected chi connectivity index (χ1v) is 8.17. The van der Waals surface area contributed by atoms with Crippen LogP contribution in [0.25, 0.3) is 0 Å². The molecule has 2 rings (SSSR count). The smallest absolute Gasteiger partial charge is 0.410 e. The minimum Gasteiger partial charge on any atom is -0.444 e. The predicted molar refractivity (Wildman–Crippen MR) is 87.0 cm³/mol. The molecule has 1 aromatic carbocycles. The number of hydrogen-bond acceptors (Lipinski definition) is 3. The van der Waals surface area contributed by atoms with Crippen molar-refractivity contribution in [3.05, 3.63) is 35.1 Å². The van der Waals surface area contributed by atoms with E-state index in [9.17, 15) is 9.18 Å². The molecule has 0 atom stereocenters. The monoisotopic (exact) mass is 323 g/mol. The van der Waals surface area contributed by atoms with Crippen molar-refractivity contribution in [3.63, 3.8) is 0 Å². The number of carbonyl (C=O) groups excluding carboxylic acids is 1. The lowest BCUT2D eigenvalue weighted by atomic mass is 9.88. The number of aliphatic hydroxyl groups excluding tert-OH is 1. The van der Waals surface area contributed by atoms with E-state index in [1.807, 2.05) is 32.9 Å². The van der Waals surface area contributed by atoms with Gasteiger partial charge in [-0.05, 0) is 63.1 Å². The van der Waals surface area contributed by atoms with Crippen molar-refractivity contribution in [3.8, 4) is 0 Å². The molecule has 0 aromatic heterocycles. The third kappa shape index (κ3) is 4.93. The Bertz CT molecular complexity index is 546. The van der Waals surface area contributed by atoms with Crippen LogP contribution in [-0.2, 0) is 11.2 Å². The molecule has 0 unspecified atom stereocenters. The first-order valence-electron chi connectivity index (χ1n) is 8.17. The van der Waals surface area contributed by atoms with Gasteiger partial charge < -0.3 is 14.7 Å². The van der Waals surface area contributed by atoms with Gasteiger partial charge in [-0.25, -0.2) is 9.18 Å². The topological polar surface area (TPSA) is 49.8 Å². The Morgan fingerprint density at radius 2 is 2.00 bits per heavy atom. The van der Waals surface area contributed by atoms with Gasteiger partial charge in [-0.15, -0.1) is 0 Å². The summed E-state index contributed by atoms with van der Waals surface area (Å²) < 4.78 is 19.1. The fraction of sp³-hybridized carbons (Fsp3) is 0.611. The van der Waals surface area contributed by atoms with Crippen LogP contribution in [0, 0.1) is 5.82 Å². The van der Waals surface area contributed by atoms with E-state index in [-0.39, 0.29) is 18.5 Å². The first-order chi connectivity index (χ1) is 10.8. The molecule has 1 fully saturated rings. The van der Waals surface area contributed by atoms with E-state index in [2.05, 4.69) is 0 Å². The summed E-state index contributed by atoms with van der Waals surface area (Å²) in [5.41, 5.74) is 1.16. The second-order valence-corrected chi connectivity index (χ2v) is 7.07. The van der Waals surface area contributed by atoms with Crippen LogP contribution in [0.4, 0.5) is 9.18 Å². The minimum absolute atomic E-state index is 0.0581. The van der Waals surface area contributed by atoms with E-state index < -0.39 is 5.60 Å². The summed E-state index contributed by atoms with van der Waals surface area (Å²) in [7, 11) is 0. The highest BCUT2D eigenvalue weighted by molar-refractivity contribution is 5.68. The van der Waals surface area contributed by atoms with E-state index in [1.165, 1.54) is 6.07 Å². The Morgan fingerprint density at radius 3 is 2.57 bits per heavy atom. The average molecular weight is 323 g/mol. The van der Waals surface area contributed by atoms with Crippen molar-refractivity contribution in [2.24, 2.45) is 0 Å². The maximum absolute atomic E-state index is 13.7. The number of benzene rings is 1. The largest absolute Gasteiger partial charge is 0.444 e. The number of nitrogens with zero attached hydrogens (tertiary/aromatic N) is 1. The molecule has 5 heteroatoms. The molecule has 4 nitrogen and oxygen atoms in total. The summed E-state index contributed by atoms with van der Waals surface area (Å²) in [5, 5.41) is 9.01. The Labute approximate surface area is 137 Å². The highest BCUT2D eigenvalue weighted by Crippen LogP contribution is 2.30. The lowest BCUT2D eigenvalue weighted by molar-refractivity contribution is 0.0205. The van der Waals surface area contributed by atoms with Gasteiger partial charge in [0.2, 0.25) is 0 Å². The van der Waals surface area contributed by atoms with Gasteiger partial charge in [-0.3, -0.25) is 0 Å². The summed E-state index contributed by atoms with van der Waals surface area (Å²) in [6.45, 7) is 6.81. The van der Waals surface area contributed by atoms with Crippen LogP contribution in [0.15, 0.2) is 18.2 Å². The number of rotatable bonds is 3. The molecule has 1 aliphatic rings. The number of amides is 1. The number of likely N-dealkylation sites (tertiary alicyclic amines) is 1. The van der Waals surface area contributed by atoms with Gasteiger partial charge in [-0.1, -0.05) is 12.1 Å². The molecule has 1 saturated heterocycles. The fourth-order valence-corrected chi connectivity index (χ4v) is 2.88. The van der Waals surface area contributed by atoms with Gasteiger partial charge >= 0.3 is 6.09 Å². The third-order valence-electron chi connectivity index (χ3n) is 4.07. The predicted octanol–water partition coefficient (Wildman–Crippen LogP) is 3.48. The zero-order valence-corrected chi connectivity index (χ0v) is 14.1. The first kappa shape index (κ1) is 17.7.